The molecular weight excluding hydrogens is 280 g/mol. The average Bonchev–Trinajstić information content (AvgIpc) is 2.89. The number of anilines is 1. The molecule has 0 radical (unpaired) electrons. The predicted octanol–water partition coefficient (Wildman–Crippen LogP) is 1.98. The van der Waals surface area contributed by atoms with Gasteiger partial charge < -0.3 is 15.5 Å². The first-order valence-corrected chi connectivity index (χ1v) is 8.16. The highest BCUT2D eigenvalue weighted by Gasteiger charge is 2.21. The lowest BCUT2D eigenvalue weighted by molar-refractivity contribution is 0.412. The second-order valence-electron chi connectivity index (χ2n) is 5.97. The summed E-state index contributed by atoms with van der Waals surface area (Å²) in [5, 5.41) is 0. The maximum Gasteiger partial charge on any atom is 0.139 e. The minimum absolute atomic E-state index is 0.457. The number of aryl methyl sites for hydroxylation is 2. The number of hydrogen-bond acceptors (Lipinski definition) is 4. The molecule has 1 aromatic rings. The van der Waals surface area contributed by atoms with Crippen LogP contribution < -0.4 is 10.6 Å². The molecule has 0 amide bonds. The van der Waals surface area contributed by atoms with Gasteiger partial charge in [-0.25, -0.2) is 4.98 Å². The van der Waals surface area contributed by atoms with Crippen molar-refractivity contribution in [1.82, 2.24) is 9.88 Å². The summed E-state index contributed by atoms with van der Waals surface area (Å²) in [5.74, 6) is 0.979. The Bertz CT molecular complexity index is 513. The topological polar surface area (TPSA) is 45.4 Å². The Kier molecular flexibility index (Phi) is 5.53. The molecule has 0 spiro atoms. The Morgan fingerprint density at radius 2 is 2.05 bits per heavy atom. The van der Waals surface area contributed by atoms with Gasteiger partial charge in [-0.15, -0.1) is 0 Å². The zero-order valence-electron chi connectivity index (χ0n) is 13.4. The molecule has 21 heavy (non-hydrogen) atoms. The van der Waals surface area contributed by atoms with Gasteiger partial charge in [0.25, 0.3) is 0 Å². The molecular formula is C16H26N4S. The fourth-order valence-corrected chi connectivity index (χ4v) is 2.95. The highest BCUT2D eigenvalue weighted by Crippen LogP contribution is 2.27. The molecule has 0 aromatic carbocycles. The molecule has 0 fully saturated rings. The van der Waals surface area contributed by atoms with E-state index in [1.54, 1.807) is 0 Å². The third-order valence-electron chi connectivity index (χ3n) is 3.91. The van der Waals surface area contributed by atoms with Crippen LogP contribution in [0.4, 0.5) is 5.82 Å². The van der Waals surface area contributed by atoms with Crippen LogP contribution in [0.5, 0.6) is 0 Å². The second-order valence-corrected chi connectivity index (χ2v) is 6.41. The number of pyridine rings is 1. The Hall–Kier alpha value is -1.20. The van der Waals surface area contributed by atoms with Gasteiger partial charge in [0.2, 0.25) is 0 Å². The van der Waals surface area contributed by atoms with Crippen molar-refractivity contribution >= 4 is 23.0 Å². The smallest absolute Gasteiger partial charge is 0.139 e. The van der Waals surface area contributed by atoms with Crippen molar-refractivity contribution in [3.63, 3.8) is 0 Å². The van der Waals surface area contributed by atoms with Crippen molar-refractivity contribution in [3.05, 3.63) is 22.9 Å². The number of nitrogens with two attached hydrogens (primary N) is 1. The van der Waals surface area contributed by atoms with Gasteiger partial charge in [-0.3, -0.25) is 0 Å². The van der Waals surface area contributed by atoms with E-state index in [2.05, 4.69) is 36.9 Å². The van der Waals surface area contributed by atoms with Crippen LogP contribution in [-0.4, -0.2) is 48.6 Å². The molecule has 0 bridgehead atoms. The first kappa shape index (κ1) is 16.2. The number of likely N-dealkylation sites (N-methyl/N-ethyl adjacent to an activating group) is 1. The van der Waals surface area contributed by atoms with Gasteiger partial charge in [-0.1, -0.05) is 19.1 Å². The van der Waals surface area contributed by atoms with Gasteiger partial charge in [-0.05, 0) is 51.4 Å². The zero-order valence-corrected chi connectivity index (χ0v) is 14.2. The van der Waals surface area contributed by atoms with Gasteiger partial charge in [0.1, 0.15) is 10.8 Å². The molecule has 116 valence electrons. The number of rotatable bonds is 7. The standard InChI is InChI=1S/C16H26N4S/c1-4-8-20(10-9-19(2)3)16-13(15(17)21)11-12-6-5-7-14(12)18-16/h11H,4-10H2,1-3H3,(H2,17,21). The van der Waals surface area contributed by atoms with E-state index in [9.17, 15) is 0 Å². The average molecular weight is 306 g/mol. The molecule has 1 aliphatic rings. The molecule has 2 N–H and O–H groups in total. The van der Waals surface area contributed by atoms with Crippen molar-refractivity contribution in [3.8, 4) is 0 Å². The number of aromatic nitrogens is 1. The summed E-state index contributed by atoms with van der Waals surface area (Å²) in [6.07, 6.45) is 4.45. The van der Waals surface area contributed by atoms with E-state index >= 15 is 0 Å². The maximum atomic E-state index is 5.95. The maximum absolute atomic E-state index is 5.95. The van der Waals surface area contributed by atoms with Crippen LogP contribution in [0.25, 0.3) is 0 Å². The van der Waals surface area contributed by atoms with Crippen molar-refractivity contribution in [2.75, 3.05) is 38.6 Å². The van der Waals surface area contributed by atoms with Crippen LogP contribution in [0.3, 0.4) is 0 Å². The van der Waals surface area contributed by atoms with E-state index in [1.165, 1.54) is 17.7 Å². The SMILES string of the molecule is CCCN(CCN(C)C)c1nc2c(cc1C(N)=S)CCC2. The lowest BCUT2D eigenvalue weighted by Gasteiger charge is -2.27. The monoisotopic (exact) mass is 306 g/mol. The molecule has 1 aliphatic carbocycles. The minimum atomic E-state index is 0.457. The molecule has 1 heterocycles. The molecule has 0 atom stereocenters. The van der Waals surface area contributed by atoms with E-state index in [0.29, 0.717) is 4.99 Å². The molecule has 2 rings (SSSR count). The summed E-state index contributed by atoms with van der Waals surface area (Å²) in [4.78, 5) is 9.89. The van der Waals surface area contributed by atoms with Crippen LogP contribution in [0.15, 0.2) is 6.07 Å². The van der Waals surface area contributed by atoms with E-state index in [-0.39, 0.29) is 0 Å². The fourth-order valence-electron chi connectivity index (χ4n) is 2.80. The first-order valence-electron chi connectivity index (χ1n) is 7.75. The van der Waals surface area contributed by atoms with Crippen LogP contribution >= 0.6 is 12.2 Å². The van der Waals surface area contributed by atoms with Crippen molar-refractivity contribution in [2.24, 2.45) is 5.73 Å². The van der Waals surface area contributed by atoms with Crippen molar-refractivity contribution in [2.45, 2.75) is 32.6 Å². The Labute approximate surface area is 133 Å². The Balaban J connectivity index is 2.35. The summed E-state index contributed by atoms with van der Waals surface area (Å²) >= 11 is 5.26. The van der Waals surface area contributed by atoms with Gasteiger partial charge >= 0.3 is 0 Å². The summed E-state index contributed by atoms with van der Waals surface area (Å²) < 4.78 is 0. The molecule has 0 saturated heterocycles. The lowest BCUT2D eigenvalue weighted by atomic mass is 10.1. The summed E-state index contributed by atoms with van der Waals surface area (Å²) in [5.41, 5.74) is 9.45. The Morgan fingerprint density at radius 1 is 1.29 bits per heavy atom. The number of nitrogens with zero attached hydrogens (tertiary/aromatic N) is 3. The molecule has 0 saturated carbocycles. The van der Waals surface area contributed by atoms with E-state index in [0.717, 1.165) is 50.3 Å². The lowest BCUT2D eigenvalue weighted by Crippen LogP contribution is -2.34. The summed E-state index contributed by atoms with van der Waals surface area (Å²) in [7, 11) is 4.18. The van der Waals surface area contributed by atoms with E-state index < -0.39 is 0 Å². The van der Waals surface area contributed by atoms with E-state index in [4.69, 9.17) is 22.9 Å². The van der Waals surface area contributed by atoms with Crippen LogP contribution in [-0.2, 0) is 12.8 Å². The van der Waals surface area contributed by atoms with Crippen LogP contribution in [0.2, 0.25) is 0 Å². The summed E-state index contributed by atoms with van der Waals surface area (Å²) in [6.45, 7) is 5.11. The number of fused-ring (bicyclic) bond motifs is 1. The molecule has 4 nitrogen and oxygen atoms in total. The van der Waals surface area contributed by atoms with Gasteiger partial charge in [0, 0.05) is 25.3 Å². The highest BCUT2D eigenvalue weighted by atomic mass is 32.1. The highest BCUT2D eigenvalue weighted by molar-refractivity contribution is 7.80. The molecule has 1 aromatic heterocycles. The first-order chi connectivity index (χ1) is 10.0. The molecule has 5 heteroatoms. The van der Waals surface area contributed by atoms with Crippen molar-refractivity contribution in [1.29, 1.82) is 0 Å². The zero-order chi connectivity index (χ0) is 15.4. The molecule has 0 aliphatic heterocycles. The van der Waals surface area contributed by atoms with Crippen molar-refractivity contribution < 1.29 is 0 Å². The third kappa shape index (κ3) is 3.92. The van der Waals surface area contributed by atoms with Gasteiger partial charge in [0.05, 0.1) is 5.56 Å². The van der Waals surface area contributed by atoms with Gasteiger partial charge in [0.15, 0.2) is 0 Å². The predicted molar refractivity (Wildman–Crippen MR) is 93.2 cm³/mol. The third-order valence-corrected chi connectivity index (χ3v) is 4.13. The molecule has 0 unspecified atom stereocenters. The van der Waals surface area contributed by atoms with Crippen LogP contribution in [0.1, 0.15) is 36.6 Å². The summed E-state index contributed by atoms with van der Waals surface area (Å²) in [6, 6.07) is 2.17. The fraction of sp³-hybridized carbons (Fsp3) is 0.625. The number of hydrogen-bond donors (Lipinski definition) is 1. The largest absolute Gasteiger partial charge is 0.389 e. The van der Waals surface area contributed by atoms with E-state index in [1.807, 2.05) is 0 Å². The second kappa shape index (κ2) is 7.18. The normalized spacial score (nSPS) is 13.5. The minimum Gasteiger partial charge on any atom is -0.389 e. The quantitative estimate of drug-likeness (QED) is 0.781. The Morgan fingerprint density at radius 3 is 2.67 bits per heavy atom. The van der Waals surface area contributed by atoms with Gasteiger partial charge in [-0.2, -0.15) is 0 Å². The van der Waals surface area contributed by atoms with Crippen LogP contribution in [0, 0.1) is 0 Å². The number of thiocarbonyl (C=S) groups is 1.